The smallest absolute Gasteiger partial charge is 0.00344 e. The molecule has 2 rings (SSSR count). The second kappa shape index (κ2) is 7.00. The van der Waals surface area contributed by atoms with E-state index in [2.05, 4.69) is 20.8 Å². The van der Waals surface area contributed by atoms with Crippen LogP contribution in [0.1, 0.15) is 51.4 Å². The van der Waals surface area contributed by atoms with Crippen molar-refractivity contribution < 1.29 is 0 Å². The van der Waals surface area contributed by atoms with Gasteiger partial charge in [-0.2, -0.15) is 0 Å². The van der Waals surface area contributed by atoms with E-state index in [0.29, 0.717) is 0 Å². The Labute approximate surface area is 109 Å². The third-order valence-corrected chi connectivity index (χ3v) is 4.82. The van der Waals surface area contributed by atoms with Crippen molar-refractivity contribution in [1.29, 1.82) is 0 Å². The maximum Gasteiger partial charge on any atom is 0.00344 e. The fourth-order valence-electron chi connectivity index (χ4n) is 3.44. The van der Waals surface area contributed by atoms with Crippen molar-refractivity contribution in [2.24, 2.45) is 11.8 Å². The molecule has 1 unspecified atom stereocenters. The molecule has 0 aromatic carbocycles. The van der Waals surface area contributed by atoms with Crippen LogP contribution in [0.4, 0.5) is 0 Å². The van der Waals surface area contributed by atoms with Crippen molar-refractivity contribution in [3.63, 3.8) is 0 Å². The number of halogens is 1. The molecule has 0 N–H and O–H groups in total. The number of piperidine rings is 1. The molecule has 0 radical (unpaired) electrons. The molecule has 1 saturated carbocycles. The predicted octanol–water partition coefficient (Wildman–Crippen LogP) is 4.06. The first-order chi connectivity index (χ1) is 7.88. The number of likely N-dealkylation sites (tertiary alicyclic amines) is 1. The van der Waals surface area contributed by atoms with Gasteiger partial charge in [0.05, 0.1) is 0 Å². The normalized spacial score (nSPS) is 29.4. The fourth-order valence-corrected chi connectivity index (χ4v) is 4.09. The molecule has 0 spiro atoms. The monoisotopic (exact) mass is 287 g/mol. The van der Waals surface area contributed by atoms with Gasteiger partial charge in [0, 0.05) is 18.4 Å². The molecule has 0 bridgehead atoms. The number of hydrogen-bond acceptors (Lipinski definition) is 1. The summed E-state index contributed by atoms with van der Waals surface area (Å²) in [7, 11) is 0. The van der Waals surface area contributed by atoms with Gasteiger partial charge in [0.25, 0.3) is 0 Å². The van der Waals surface area contributed by atoms with Gasteiger partial charge in [0.1, 0.15) is 0 Å². The van der Waals surface area contributed by atoms with Crippen LogP contribution < -0.4 is 0 Å². The maximum atomic E-state index is 3.58. The molecule has 16 heavy (non-hydrogen) atoms. The third kappa shape index (κ3) is 4.03. The van der Waals surface area contributed by atoms with Crippen LogP contribution in [0.2, 0.25) is 0 Å². The van der Waals surface area contributed by atoms with Crippen LogP contribution in [0.25, 0.3) is 0 Å². The molecule has 0 amide bonds. The van der Waals surface area contributed by atoms with Crippen LogP contribution in [0.3, 0.4) is 0 Å². The van der Waals surface area contributed by atoms with E-state index in [-0.39, 0.29) is 0 Å². The van der Waals surface area contributed by atoms with E-state index >= 15 is 0 Å². The van der Waals surface area contributed by atoms with Crippen molar-refractivity contribution in [2.45, 2.75) is 51.4 Å². The van der Waals surface area contributed by atoms with E-state index < -0.39 is 0 Å². The Morgan fingerprint density at radius 2 is 1.69 bits per heavy atom. The van der Waals surface area contributed by atoms with Crippen LogP contribution in [0.5, 0.6) is 0 Å². The highest BCUT2D eigenvalue weighted by atomic mass is 79.9. The number of hydrogen-bond donors (Lipinski definition) is 0. The van der Waals surface area contributed by atoms with Crippen molar-refractivity contribution in [3.8, 4) is 0 Å². The summed E-state index contributed by atoms with van der Waals surface area (Å²) >= 11 is 3.58. The number of rotatable bonds is 4. The van der Waals surface area contributed by atoms with Crippen molar-refractivity contribution in [1.82, 2.24) is 4.90 Å². The molecule has 2 heteroatoms. The van der Waals surface area contributed by atoms with Crippen molar-refractivity contribution >= 4 is 15.9 Å². The Morgan fingerprint density at radius 3 is 2.44 bits per heavy atom. The Kier molecular flexibility index (Phi) is 5.64. The van der Waals surface area contributed by atoms with Gasteiger partial charge < -0.3 is 4.90 Å². The zero-order valence-electron chi connectivity index (χ0n) is 10.5. The van der Waals surface area contributed by atoms with Crippen LogP contribution in [-0.2, 0) is 0 Å². The van der Waals surface area contributed by atoms with Crippen LogP contribution in [-0.4, -0.2) is 29.9 Å². The van der Waals surface area contributed by atoms with E-state index in [9.17, 15) is 0 Å². The maximum absolute atomic E-state index is 3.58. The summed E-state index contributed by atoms with van der Waals surface area (Å²) in [5.41, 5.74) is 0. The summed E-state index contributed by atoms with van der Waals surface area (Å²) in [6.07, 6.45) is 11.7. The number of nitrogens with zero attached hydrogens (tertiary/aromatic N) is 1. The predicted molar refractivity (Wildman–Crippen MR) is 74.2 cm³/mol. The molecule has 1 aliphatic carbocycles. The van der Waals surface area contributed by atoms with Crippen LogP contribution in [0.15, 0.2) is 0 Å². The van der Waals surface area contributed by atoms with Crippen LogP contribution in [0, 0.1) is 11.8 Å². The van der Waals surface area contributed by atoms with Gasteiger partial charge in [0.15, 0.2) is 0 Å². The van der Waals surface area contributed by atoms with E-state index in [4.69, 9.17) is 0 Å². The van der Waals surface area contributed by atoms with Gasteiger partial charge in [-0.3, -0.25) is 0 Å². The molecular weight excluding hydrogens is 262 g/mol. The minimum Gasteiger partial charge on any atom is -0.303 e. The highest BCUT2D eigenvalue weighted by Gasteiger charge is 2.22. The lowest BCUT2D eigenvalue weighted by molar-refractivity contribution is 0.136. The Morgan fingerprint density at radius 1 is 0.938 bits per heavy atom. The lowest BCUT2D eigenvalue weighted by Crippen LogP contribution is -2.39. The van der Waals surface area contributed by atoms with E-state index in [1.165, 1.54) is 76.3 Å². The van der Waals surface area contributed by atoms with Gasteiger partial charge in [-0.25, -0.2) is 0 Å². The average molecular weight is 288 g/mol. The summed E-state index contributed by atoms with van der Waals surface area (Å²) in [6.45, 7) is 4.15. The second-order valence-electron chi connectivity index (χ2n) is 5.75. The highest BCUT2D eigenvalue weighted by molar-refractivity contribution is 9.09. The first-order valence-corrected chi connectivity index (χ1v) is 8.29. The molecule has 0 aromatic heterocycles. The minimum absolute atomic E-state index is 0.969. The SMILES string of the molecule is BrCCC1CCCN(CC2CCCCC2)C1. The van der Waals surface area contributed by atoms with Crippen molar-refractivity contribution in [3.05, 3.63) is 0 Å². The molecule has 2 aliphatic rings. The second-order valence-corrected chi connectivity index (χ2v) is 6.54. The standard InChI is InChI=1S/C14H26BrN/c15-9-8-14-7-4-10-16(12-14)11-13-5-2-1-3-6-13/h13-14H,1-12H2. The molecular formula is C14H26BrN. The molecule has 1 saturated heterocycles. The summed E-state index contributed by atoms with van der Waals surface area (Å²) in [6, 6.07) is 0. The van der Waals surface area contributed by atoms with E-state index in [1.54, 1.807) is 0 Å². The first-order valence-electron chi connectivity index (χ1n) is 7.17. The van der Waals surface area contributed by atoms with Crippen LogP contribution >= 0.6 is 15.9 Å². The third-order valence-electron chi connectivity index (χ3n) is 4.36. The van der Waals surface area contributed by atoms with Gasteiger partial charge in [-0.15, -0.1) is 0 Å². The average Bonchev–Trinajstić information content (AvgIpc) is 2.31. The molecule has 0 aromatic rings. The Hall–Kier alpha value is 0.440. The zero-order chi connectivity index (χ0) is 11.2. The Bertz CT molecular complexity index is 187. The molecule has 1 aliphatic heterocycles. The quantitative estimate of drug-likeness (QED) is 0.705. The minimum atomic E-state index is 0.969. The summed E-state index contributed by atoms with van der Waals surface area (Å²) in [4.78, 5) is 2.76. The van der Waals surface area contributed by atoms with Crippen molar-refractivity contribution in [2.75, 3.05) is 25.0 Å². The van der Waals surface area contributed by atoms with E-state index in [0.717, 1.165) is 11.8 Å². The summed E-state index contributed by atoms with van der Waals surface area (Å²) in [5.74, 6) is 1.99. The largest absolute Gasteiger partial charge is 0.303 e. The molecule has 94 valence electrons. The van der Waals surface area contributed by atoms with Gasteiger partial charge in [-0.05, 0) is 50.5 Å². The Balaban J connectivity index is 1.71. The number of alkyl halides is 1. The molecule has 1 atom stereocenters. The van der Waals surface area contributed by atoms with E-state index in [1.807, 2.05) is 0 Å². The fraction of sp³-hybridized carbons (Fsp3) is 1.00. The lowest BCUT2D eigenvalue weighted by Gasteiger charge is -2.36. The molecule has 1 nitrogen and oxygen atoms in total. The first kappa shape index (κ1) is 12.9. The van der Waals surface area contributed by atoms with Gasteiger partial charge in [-0.1, -0.05) is 35.2 Å². The lowest BCUT2D eigenvalue weighted by atomic mass is 9.87. The molecule has 2 fully saturated rings. The van der Waals surface area contributed by atoms with Gasteiger partial charge in [0.2, 0.25) is 0 Å². The van der Waals surface area contributed by atoms with Gasteiger partial charge >= 0.3 is 0 Å². The highest BCUT2D eigenvalue weighted by Crippen LogP contribution is 2.27. The summed E-state index contributed by atoms with van der Waals surface area (Å²) < 4.78 is 0. The zero-order valence-corrected chi connectivity index (χ0v) is 12.1. The molecule has 1 heterocycles. The topological polar surface area (TPSA) is 3.24 Å². The summed E-state index contributed by atoms with van der Waals surface area (Å²) in [5, 5.41) is 1.19.